The summed E-state index contributed by atoms with van der Waals surface area (Å²) < 4.78 is 10.2. The molecule has 0 aliphatic carbocycles. The summed E-state index contributed by atoms with van der Waals surface area (Å²) in [6.07, 6.45) is 1.00. The predicted octanol–water partition coefficient (Wildman–Crippen LogP) is 2.52. The van der Waals surface area contributed by atoms with E-state index in [0.29, 0.717) is 6.61 Å². The molecule has 84 valence electrons. The Morgan fingerprint density at radius 1 is 1.31 bits per heavy atom. The summed E-state index contributed by atoms with van der Waals surface area (Å²) in [6.45, 7) is 4.35. The van der Waals surface area contributed by atoms with Crippen molar-refractivity contribution in [3.63, 3.8) is 0 Å². The van der Waals surface area contributed by atoms with Gasteiger partial charge in [-0.3, -0.25) is 0 Å². The Morgan fingerprint density at radius 3 is 2.88 bits per heavy atom. The van der Waals surface area contributed by atoms with Crippen molar-refractivity contribution in [1.82, 2.24) is 10.3 Å². The van der Waals surface area contributed by atoms with Crippen molar-refractivity contribution in [2.24, 2.45) is 0 Å². The van der Waals surface area contributed by atoms with Gasteiger partial charge < -0.3 is 4.74 Å². The molecule has 1 aromatic heterocycles. The van der Waals surface area contributed by atoms with Gasteiger partial charge in [0.15, 0.2) is 0 Å². The van der Waals surface area contributed by atoms with Crippen molar-refractivity contribution in [2.75, 3.05) is 0 Å². The van der Waals surface area contributed by atoms with Gasteiger partial charge in [-0.2, -0.15) is 0 Å². The number of benzene rings is 1. The maximum atomic E-state index is 5.61. The van der Waals surface area contributed by atoms with Gasteiger partial charge in [-0.25, -0.2) is 4.63 Å². The maximum Gasteiger partial charge on any atom is 0.145 e. The first kappa shape index (κ1) is 10.7. The van der Waals surface area contributed by atoms with E-state index in [1.807, 2.05) is 25.1 Å². The normalized spacial score (nSPS) is 10.4. The van der Waals surface area contributed by atoms with Crippen LogP contribution in [0.25, 0.3) is 0 Å². The third-order valence-corrected chi connectivity index (χ3v) is 2.43. The number of nitrogens with zero attached hydrogens (tertiary/aromatic N) is 2. The molecule has 0 amide bonds. The van der Waals surface area contributed by atoms with Crippen molar-refractivity contribution >= 4 is 0 Å². The Balaban J connectivity index is 2.02. The lowest BCUT2D eigenvalue weighted by molar-refractivity contribution is 0.270. The quantitative estimate of drug-likeness (QED) is 0.791. The van der Waals surface area contributed by atoms with Gasteiger partial charge in [0.2, 0.25) is 0 Å². The fourth-order valence-corrected chi connectivity index (χ4v) is 1.39. The molecule has 4 heteroatoms. The van der Waals surface area contributed by atoms with Gasteiger partial charge in [0.25, 0.3) is 0 Å². The molecule has 0 saturated heterocycles. The average molecular weight is 218 g/mol. The molecule has 4 nitrogen and oxygen atoms in total. The molecule has 16 heavy (non-hydrogen) atoms. The van der Waals surface area contributed by atoms with Crippen molar-refractivity contribution in [3.05, 3.63) is 41.2 Å². The zero-order chi connectivity index (χ0) is 11.4. The van der Waals surface area contributed by atoms with Crippen LogP contribution in [-0.2, 0) is 13.0 Å². The molecule has 0 atom stereocenters. The zero-order valence-electron chi connectivity index (χ0n) is 9.43. The highest BCUT2D eigenvalue weighted by Gasteiger charge is 2.05. The van der Waals surface area contributed by atoms with Gasteiger partial charge >= 0.3 is 0 Å². The van der Waals surface area contributed by atoms with Crippen LogP contribution in [0.5, 0.6) is 5.75 Å². The van der Waals surface area contributed by atoms with E-state index in [2.05, 4.69) is 27.9 Å². The molecular weight excluding hydrogens is 204 g/mol. The zero-order valence-corrected chi connectivity index (χ0v) is 9.43. The Hall–Kier alpha value is -1.84. The SMILES string of the molecule is CCc1cccc(OCc2nonc2C)c1. The van der Waals surface area contributed by atoms with Crippen LogP contribution < -0.4 is 4.74 Å². The summed E-state index contributed by atoms with van der Waals surface area (Å²) in [7, 11) is 0. The van der Waals surface area contributed by atoms with Gasteiger partial charge in [-0.05, 0) is 31.0 Å². The largest absolute Gasteiger partial charge is 0.487 e. The summed E-state index contributed by atoms with van der Waals surface area (Å²) in [5.74, 6) is 0.849. The van der Waals surface area contributed by atoms with Crippen LogP contribution in [0.2, 0.25) is 0 Å². The first-order valence-corrected chi connectivity index (χ1v) is 5.29. The average Bonchev–Trinajstić information content (AvgIpc) is 2.72. The Bertz CT molecular complexity index is 466. The number of hydrogen-bond acceptors (Lipinski definition) is 4. The molecular formula is C12H14N2O2. The first-order chi connectivity index (χ1) is 7.79. The minimum absolute atomic E-state index is 0.391. The van der Waals surface area contributed by atoms with Crippen molar-refractivity contribution in [3.8, 4) is 5.75 Å². The van der Waals surface area contributed by atoms with Crippen LogP contribution in [0, 0.1) is 6.92 Å². The molecule has 0 N–H and O–H groups in total. The molecule has 0 fully saturated rings. The molecule has 0 spiro atoms. The van der Waals surface area contributed by atoms with E-state index in [9.17, 15) is 0 Å². The monoisotopic (exact) mass is 218 g/mol. The fourth-order valence-electron chi connectivity index (χ4n) is 1.39. The highest BCUT2D eigenvalue weighted by Crippen LogP contribution is 2.15. The van der Waals surface area contributed by atoms with Crippen LogP contribution in [0.1, 0.15) is 23.9 Å². The van der Waals surface area contributed by atoms with Gasteiger partial charge in [0, 0.05) is 0 Å². The molecule has 1 heterocycles. The van der Waals surface area contributed by atoms with E-state index in [-0.39, 0.29) is 0 Å². The van der Waals surface area contributed by atoms with Crippen LogP contribution in [0.15, 0.2) is 28.9 Å². The number of aryl methyl sites for hydroxylation is 2. The molecule has 0 unspecified atom stereocenters. The molecule has 0 bridgehead atoms. The van der Waals surface area contributed by atoms with Crippen molar-refractivity contribution < 1.29 is 9.37 Å². The Kier molecular flexibility index (Phi) is 3.19. The van der Waals surface area contributed by atoms with E-state index in [4.69, 9.17) is 4.74 Å². The summed E-state index contributed by atoms with van der Waals surface area (Å²) in [5.41, 5.74) is 2.76. The molecule has 0 saturated carbocycles. The number of hydrogen-bond donors (Lipinski definition) is 0. The standard InChI is InChI=1S/C12H14N2O2/c1-3-10-5-4-6-11(7-10)15-8-12-9(2)13-16-14-12/h4-7H,3,8H2,1-2H3. The van der Waals surface area contributed by atoms with Crippen LogP contribution >= 0.6 is 0 Å². The lowest BCUT2D eigenvalue weighted by atomic mass is 10.2. The van der Waals surface area contributed by atoms with Crippen LogP contribution in [0.4, 0.5) is 0 Å². The van der Waals surface area contributed by atoms with E-state index < -0.39 is 0 Å². The van der Waals surface area contributed by atoms with Crippen molar-refractivity contribution in [1.29, 1.82) is 0 Å². The minimum atomic E-state index is 0.391. The first-order valence-electron chi connectivity index (χ1n) is 5.29. The second kappa shape index (κ2) is 4.79. The number of rotatable bonds is 4. The lowest BCUT2D eigenvalue weighted by Gasteiger charge is -2.05. The number of aromatic nitrogens is 2. The highest BCUT2D eigenvalue weighted by atomic mass is 16.6. The van der Waals surface area contributed by atoms with Crippen molar-refractivity contribution in [2.45, 2.75) is 26.9 Å². The molecule has 2 rings (SSSR count). The number of ether oxygens (including phenoxy) is 1. The van der Waals surface area contributed by atoms with Gasteiger partial charge in [-0.1, -0.05) is 29.4 Å². The van der Waals surface area contributed by atoms with E-state index in [0.717, 1.165) is 23.6 Å². The second-order valence-corrected chi connectivity index (χ2v) is 3.59. The summed E-state index contributed by atoms with van der Waals surface area (Å²) in [6, 6.07) is 8.03. The molecule has 0 aliphatic rings. The summed E-state index contributed by atoms with van der Waals surface area (Å²) >= 11 is 0. The van der Waals surface area contributed by atoms with Crippen LogP contribution in [-0.4, -0.2) is 10.3 Å². The fraction of sp³-hybridized carbons (Fsp3) is 0.333. The third-order valence-electron chi connectivity index (χ3n) is 2.43. The smallest absolute Gasteiger partial charge is 0.145 e. The van der Waals surface area contributed by atoms with Crippen LogP contribution in [0.3, 0.4) is 0 Å². The van der Waals surface area contributed by atoms with E-state index in [1.165, 1.54) is 5.56 Å². The summed E-state index contributed by atoms with van der Waals surface area (Å²) in [5, 5.41) is 7.46. The van der Waals surface area contributed by atoms with E-state index >= 15 is 0 Å². The van der Waals surface area contributed by atoms with Gasteiger partial charge in [0.05, 0.1) is 0 Å². The van der Waals surface area contributed by atoms with Gasteiger partial charge in [0.1, 0.15) is 23.7 Å². The van der Waals surface area contributed by atoms with E-state index in [1.54, 1.807) is 0 Å². The Morgan fingerprint density at radius 2 is 2.19 bits per heavy atom. The van der Waals surface area contributed by atoms with Gasteiger partial charge in [-0.15, -0.1) is 0 Å². The lowest BCUT2D eigenvalue weighted by Crippen LogP contribution is -1.98. The minimum Gasteiger partial charge on any atom is -0.487 e. The molecule has 1 aromatic carbocycles. The Labute approximate surface area is 94.2 Å². The molecule has 2 aromatic rings. The molecule has 0 radical (unpaired) electrons. The third kappa shape index (κ3) is 2.39. The maximum absolute atomic E-state index is 5.61. The second-order valence-electron chi connectivity index (χ2n) is 3.59. The summed E-state index contributed by atoms with van der Waals surface area (Å²) in [4.78, 5) is 0. The molecule has 0 aliphatic heterocycles. The topological polar surface area (TPSA) is 48.2 Å². The highest BCUT2D eigenvalue weighted by molar-refractivity contribution is 5.28. The predicted molar refractivity (Wildman–Crippen MR) is 59.2 cm³/mol.